The lowest BCUT2D eigenvalue weighted by molar-refractivity contribution is 0.493. The third-order valence-electron chi connectivity index (χ3n) is 2.08. The van der Waals surface area contributed by atoms with E-state index in [0.717, 1.165) is 4.47 Å². The largest absolute Gasteiger partial charge is 0.451 e. The van der Waals surface area contributed by atoms with Crippen LogP contribution in [0, 0.1) is 5.82 Å². The predicted octanol–water partition coefficient (Wildman–Crippen LogP) is 5.21. The average Bonchev–Trinajstić information content (AvgIpc) is 2.60. The maximum absolute atomic E-state index is 13.4. The number of benzene rings is 1. The third kappa shape index (κ3) is 3.24. The highest BCUT2D eigenvalue weighted by Gasteiger charge is 2.07. The molecule has 0 aliphatic rings. The van der Waals surface area contributed by atoms with Crippen molar-refractivity contribution in [3.63, 3.8) is 0 Å². The molecule has 2 aromatic rings. The first-order valence-electron chi connectivity index (χ1n) is 4.69. The second-order valence-electron chi connectivity index (χ2n) is 3.31. The maximum Gasteiger partial charge on any atom is 0.183 e. The maximum atomic E-state index is 13.4. The molecule has 0 saturated carbocycles. The van der Waals surface area contributed by atoms with Gasteiger partial charge in [0.05, 0.1) is 16.7 Å². The van der Waals surface area contributed by atoms with Gasteiger partial charge in [0.1, 0.15) is 11.6 Å². The Hall–Kier alpha value is -0.520. The first kappa shape index (κ1) is 12.9. The van der Waals surface area contributed by atoms with Crippen molar-refractivity contribution in [2.75, 3.05) is 5.32 Å². The number of hydrogen-bond donors (Lipinski definition) is 1. The van der Waals surface area contributed by atoms with E-state index in [1.807, 2.05) is 0 Å². The summed E-state index contributed by atoms with van der Waals surface area (Å²) in [6, 6.07) is 6.16. The minimum Gasteiger partial charge on any atom is -0.451 e. The Balaban J connectivity index is 2.09. The molecule has 0 saturated heterocycles. The molecule has 0 fully saturated rings. The van der Waals surface area contributed by atoms with Crippen molar-refractivity contribution >= 4 is 49.1 Å². The molecule has 1 aromatic heterocycles. The summed E-state index contributed by atoms with van der Waals surface area (Å²) in [5.41, 5.74) is 0.348. The van der Waals surface area contributed by atoms with Crippen LogP contribution in [-0.4, -0.2) is 0 Å². The number of nitrogens with one attached hydrogen (secondary N) is 1. The van der Waals surface area contributed by atoms with Crippen LogP contribution in [0.5, 0.6) is 0 Å². The zero-order valence-electron chi connectivity index (χ0n) is 8.44. The van der Waals surface area contributed by atoms with Gasteiger partial charge >= 0.3 is 0 Å². The normalized spacial score (nSPS) is 10.6. The van der Waals surface area contributed by atoms with Crippen LogP contribution in [0.3, 0.4) is 0 Å². The summed E-state index contributed by atoms with van der Waals surface area (Å²) < 4.78 is 20.2. The number of rotatable bonds is 3. The molecule has 0 amide bonds. The van der Waals surface area contributed by atoms with Crippen molar-refractivity contribution in [2.24, 2.45) is 0 Å². The Morgan fingerprint density at radius 3 is 2.71 bits per heavy atom. The Kier molecular flexibility index (Phi) is 4.12. The molecule has 0 radical (unpaired) electrons. The monoisotopic (exact) mass is 381 g/mol. The topological polar surface area (TPSA) is 25.2 Å². The van der Waals surface area contributed by atoms with E-state index in [4.69, 9.17) is 16.0 Å². The van der Waals surface area contributed by atoms with Gasteiger partial charge in [0.25, 0.3) is 0 Å². The fraction of sp³-hybridized carbons (Fsp3) is 0.0909. The molecule has 0 spiro atoms. The standard InChI is InChI=1S/C11H7Br2ClFNO/c12-8-4-7(17-11(8)13)5-16-10-3-6(14)1-2-9(10)15/h1-4,16H,5H2. The van der Waals surface area contributed by atoms with E-state index in [2.05, 4.69) is 37.2 Å². The Morgan fingerprint density at radius 1 is 1.29 bits per heavy atom. The van der Waals surface area contributed by atoms with Crippen molar-refractivity contribution in [3.8, 4) is 0 Å². The first-order chi connectivity index (χ1) is 8.06. The van der Waals surface area contributed by atoms with Gasteiger partial charge in [0.15, 0.2) is 4.67 Å². The second kappa shape index (κ2) is 5.42. The highest BCUT2D eigenvalue weighted by atomic mass is 79.9. The Labute approximate surface area is 119 Å². The molecule has 2 nitrogen and oxygen atoms in total. The molecule has 1 N–H and O–H groups in total. The van der Waals surface area contributed by atoms with Crippen LogP contribution in [0.15, 0.2) is 37.8 Å². The molecule has 0 atom stereocenters. The summed E-state index contributed by atoms with van der Waals surface area (Å²) in [5.74, 6) is 0.335. The van der Waals surface area contributed by atoms with Crippen molar-refractivity contribution in [1.82, 2.24) is 0 Å². The van der Waals surface area contributed by atoms with Crippen LogP contribution in [0.1, 0.15) is 5.76 Å². The molecule has 1 heterocycles. The lowest BCUT2D eigenvalue weighted by atomic mass is 10.3. The molecular weight excluding hydrogens is 376 g/mol. The van der Waals surface area contributed by atoms with Crippen LogP contribution in [0.2, 0.25) is 5.02 Å². The SMILES string of the molecule is Fc1ccc(Cl)cc1NCc1cc(Br)c(Br)o1. The molecule has 0 unspecified atom stereocenters. The quantitative estimate of drug-likeness (QED) is 0.787. The van der Waals surface area contributed by atoms with E-state index in [1.165, 1.54) is 18.2 Å². The number of halogens is 4. The minimum atomic E-state index is -0.348. The van der Waals surface area contributed by atoms with Crippen LogP contribution < -0.4 is 5.32 Å². The van der Waals surface area contributed by atoms with Gasteiger partial charge in [0, 0.05) is 5.02 Å². The molecule has 1 aromatic carbocycles. The van der Waals surface area contributed by atoms with Crippen LogP contribution in [-0.2, 0) is 6.54 Å². The summed E-state index contributed by atoms with van der Waals surface area (Å²) >= 11 is 12.3. The van der Waals surface area contributed by atoms with Gasteiger partial charge in [-0.25, -0.2) is 4.39 Å². The lowest BCUT2D eigenvalue weighted by Gasteiger charge is -2.05. The van der Waals surface area contributed by atoms with Gasteiger partial charge in [0.2, 0.25) is 0 Å². The Morgan fingerprint density at radius 2 is 2.06 bits per heavy atom. The molecule has 2 rings (SSSR count). The van der Waals surface area contributed by atoms with Gasteiger partial charge in [-0.1, -0.05) is 11.6 Å². The molecule has 0 aliphatic heterocycles. The highest BCUT2D eigenvalue weighted by molar-refractivity contribution is 9.13. The minimum absolute atomic E-state index is 0.348. The van der Waals surface area contributed by atoms with E-state index < -0.39 is 0 Å². The fourth-order valence-electron chi connectivity index (χ4n) is 1.29. The molecule has 17 heavy (non-hydrogen) atoms. The van der Waals surface area contributed by atoms with Gasteiger partial charge in [-0.15, -0.1) is 0 Å². The van der Waals surface area contributed by atoms with E-state index in [-0.39, 0.29) is 5.82 Å². The summed E-state index contributed by atoms with van der Waals surface area (Å²) in [4.78, 5) is 0. The highest BCUT2D eigenvalue weighted by Crippen LogP contribution is 2.27. The van der Waals surface area contributed by atoms with Gasteiger partial charge in [-0.2, -0.15) is 0 Å². The summed E-state index contributed by atoms with van der Waals surface area (Å²) in [5, 5.41) is 3.40. The van der Waals surface area contributed by atoms with Gasteiger partial charge in [-0.3, -0.25) is 0 Å². The third-order valence-corrected chi connectivity index (χ3v) is 4.02. The summed E-state index contributed by atoms with van der Waals surface area (Å²) in [6.07, 6.45) is 0. The lowest BCUT2D eigenvalue weighted by Crippen LogP contribution is -2.00. The van der Waals surface area contributed by atoms with E-state index in [1.54, 1.807) is 6.07 Å². The van der Waals surface area contributed by atoms with E-state index >= 15 is 0 Å². The van der Waals surface area contributed by atoms with Crippen LogP contribution >= 0.6 is 43.5 Å². The summed E-state index contributed by atoms with van der Waals surface area (Å²) in [7, 11) is 0. The van der Waals surface area contributed by atoms with Crippen molar-refractivity contribution < 1.29 is 8.81 Å². The van der Waals surface area contributed by atoms with Gasteiger partial charge < -0.3 is 9.73 Å². The smallest absolute Gasteiger partial charge is 0.183 e. The number of hydrogen-bond acceptors (Lipinski definition) is 2. The first-order valence-corrected chi connectivity index (χ1v) is 6.65. The summed E-state index contributed by atoms with van der Waals surface area (Å²) in [6.45, 7) is 0.376. The fourth-order valence-corrected chi connectivity index (χ4v) is 2.12. The van der Waals surface area contributed by atoms with Crippen LogP contribution in [0.4, 0.5) is 10.1 Å². The van der Waals surface area contributed by atoms with Crippen molar-refractivity contribution in [1.29, 1.82) is 0 Å². The molecule has 0 bridgehead atoms. The Bertz CT molecular complexity index is 525. The number of anilines is 1. The van der Waals surface area contributed by atoms with Crippen molar-refractivity contribution in [3.05, 3.63) is 50.0 Å². The molecular formula is C11H7Br2ClFNO. The molecule has 0 aliphatic carbocycles. The van der Waals surface area contributed by atoms with Crippen molar-refractivity contribution in [2.45, 2.75) is 6.54 Å². The van der Waals surface area contributed by atoms with E-state index in [9.17, 15) is 4.39 Å². The average molecular weight is 383 g/mol. The second-order valence-corrected chi connectivity index (χ2v) is 5.32. The van der Waals surface area contributed by atoms with Gasteiger partial charge in [-0.05, 0) is 56.1 Å². The van der Waals surface area contributed by atoms with Crippen LogP contribution in [0.25, 0.3) is 0 Å². The molecule has 6 heteroatoms. The zero-order valence-corrected chi connectivity index (χ0v) is 12.4. The van der Waals surface area contributed by atoms with E-state index in [0.29, 0.717) is 27.7 Å². The predicted molar refractivity (Wildman–Crippen MR) is 72.8 cm³/mol. The molecule has 90 valence electrons. The zero-order chi connectivity index (χ0) is 12.4. The number of furan rings is 1.